The number of halogens is 1. The summed E-state index contributed by atoms with van der Waals surface area (Å²) in [5, 5.41) is 12.9. The van der Waals surface area contributed by atoms with Crippen molar-refractivity contribution in [2.75, 3.05) is 13.1 Å². The molecule has 0 heterocycles. The Balaban J connectivity index is 0. The van der Waals surface area contributed by atoms with Crippen LogP contribution in [-0.2, 0) is 4.79 Å². The second-order valence-corrected chi connectivity index (χ2v) is 3.29. The van der Waals surface area contributed by atoms with Gasteiger partial charge in [-0.1, -0.05) is 13.8 Å². The van der Waals surface area contributed by atoms with Gasteiger partial charge in [-0.25, -0.2) is 4.79 Å². The number of carbonyl (C=O) groups is 2. The summed E-state index contributed by atoms with van der Waals surface area (Å²) in [6.45, 7) is 4.14. The third-order valence-corrected chi connectivity index (χ3v) is 1.72. The number of amides is 2. The standard InChI is InChI=1S/C8H17N3O3.ClH/c1-5(2)6(9)7(12)10-3-4-11-8(13)14;/h5-6,11H,3-4,9H2,1-2H3,(H,10,12)(H,13,14);1H. The smallest absolute Gasteiger partial charge is 0.404 e. The van der Waals surface area contributed by atoms with Crippen LogP contribution in [0.1, 0.15) is 13.8 Å². The molecule has 0 aliphatic heterocycles. The van der Waals surface area contributed by atoms with Gasteiger partial charge in [0, 0.05) is 13.1 Å². The third-order valence-electron chi connectivity index (χ3n) is 1.72. The average Bonchev–Trinajstić information content (AvgIpc) is 2.10. The summed E-state index contributed by atoms with van der Waals surface area (Å²) in [6, 6.07) is -0.542. The lowest BCUT2D eigenvalue weighted by molar-refractivity contribution is -0.123. The Bertz CT molecular complexity index is 211. The van der Waals surface area contributed by atoms with Crippen LogP contribution in [0.2, 0.25) is 0 Å². The van der Waals surface area contributed by atoms with Crippen molar-refractivity contribution in [1.82, 2.24) is 10.6 Å². The topological polar surface area (TPSA) is 104 Å². The van der Waals surface area contributed by atoms with Crippen LogP contribution in [-0.4, -0.2) is 36.2 Å². The highest BCUT2D eigenvalue weighted by molar-refractivity contribution is 5.85. The molecule has 0 rings (SSSR count). The number of carbonyl (C=O) groups excluding carboxylic acids is 1. The maximum atomic E-state index is 11.2. The predicted octanol–water partition coefficient (Wildman–Crippen LogP) is -0.225. The van der Waals surface area contributed by atoms with Crippen molar-refractivity contribution in [3.63, 3.8) is 0 Å². The van der Waals surface area contributed by atoms with Gasteiger partial charge in [0.25, 0.3) is 0 Å². The molecule has 1 atom stereocenters. The van der Waals surface area contributed by atoms with Crippen molar-refractivity contribution in [3.8, 4) is 0 Å². The number of nitrogens with two attached hydrogens (primary N) is 1. The van der Waals surface area contributed by atoms with Crippen LogP contribution in [0.15, 0.2) is 0 Å². The van der Waals surface area contributed by atoms with Crippen molar-refractivity contribution in [3.05, 3.63) is 0 Å². The minimum Gasteiger partial charge on any atom is -0.465 e. The molecule has 0 aromatic rings. The van der Waals surface area contributed by atoms with E-state index in [4.69, 9.17) is 10.8 Å². The van der Waals surface area contributed by atoms with Crippen LogP contribution in [0.25, 0.3) is 0 Å². The van der Waals surface area contributed by atoms with Crippen LogP contribution in [0.5, 0.6) is 0 Å². The molecule has 1 unspecified atom stereocenters. The van der Waals surface area contributed by atoms with Gasteiger partial charge in [-0.05, 0) is 5.92 Å². The van der Waals surface area contributed by atoms with Crippen molar-refractivity contribution in [1.29, 1.82) is 0 Å². The van der Waals surface area contributed by atoms with E-state index < -0.39 is 12.1 Å². The van der Waals surface area contributed by atoms with E-state index in [0.717, 1.165) is 0 Å². The van der Waals surface area contributed by atoms with E-state index in [9.17, 15) is 9.59 Å². The van der Waals surface area contributed by atoms with E-state index >= 15 is 0 Å². The van der Waals surface area contributed by atoms with E-state index in [0.29, 0.717) is 0 Å². The number of carboxylic acid groups (broad SMARTS) is 1. The molecule has 0 aliphatic carbocycles. The Morgan fingerprint density at radius 3 is 2.13 bits per heavy atom. The molecule has 0 saturated carbocycles. The maximum absolute atomic E-state index is 11.2. The molecule has 2 amide bonds. The minimum atomic E-state index is -1.10. The van der Waals surface area contributed by atoms with Crippen LogP contribution in [0.4, 0.5) is 4.79 Å². The molecule has 0 bridgehead atoms. The lowest BCUT2D eigenvalue weighted by Crippen LogP contribution is -2.46. The zero-order chi connectivity index (χ0) is 11.1. The lowest BCUT2D eigenvalue weighted by atomic mass is 10.1. The monoisotopic (exact) mass is 239 g/mol. The molecule has 5 N–H and O–H groups in total. The fraction of sp³-hybridized carbons (Fsp3) is 0.750. The van der Waals surface area contributed by atoms with Gasteiger partial charge in [0.05, 0.1) is 6.04 Å². The van der Waals surface area contributed by atoms with Gasteiger partial charge in [-0.3, -0.25) is 4.79 Å². The van der Waals surface area contributed by atoms with Crippen molar-refractivity contribution in [2.45, 2.75) is 19.9 Å². The fourth-order valence-corrected chi connectivity index (χ4v) is 0.776. The number of hydrogen-bond donors (Lipinski definition) is 4. The van der Waals surface area contributed by atoms with Gasteiger partial charge in [0.2, 0.25) is 5.91 Å². The van der Waals surface area contributed by atoms with Crippen LogP contribution >= 0.6 is 12.4 Å². The number of nitrogens with one attached hydrogen (secondary N) is 2. The fourth-order valence-electron chi connectivity index (χ4n) is 0.776. The first-order valence-electron chi connectivity index (χ1n) is 4.45. The normalized spacial score (nSPS) is 11.5. The largest absolute Gasteiger partial charge is 0.465 e. The van der Waals surface area contributed by atoms with E-state index in [1.54, 1.807) is 0 Å². The molecule has 0 aliphatic rings. The molecular formula is C8H18ClN3O3. The summed E-state index contributed by atoms with van der Waals surface area (Å²) in [7, 11) is 0. The Morgan fingerprint density at radius 2 is 1.73 bits per heavy atom. The van der Waals surface area contributed by atoms with Gasteiger partial charge in [-0.15, -0.1) is 12.4 Å². The predicted molar refractivity (Wildman–Crippen MR) is 59.1 cm³/mol. The number of rotatable bonds is 5. The first-order valence-corrected chi connectivity index (χ1v) is 4.45. The molecule has 0 radical (unpaired) electrons. The highest BCUT2D eigenvalue weighted by Crippen LogP contribution is 1.96. The molecular weight excluding hydrogens is 222 g/mol. The first-order chi connectivity index (χ1) is 6.45. The Morgan fingerprint density at radius 1 is 1.27 bits per heavy atom. The summed E-state index contributed by atoms with van der Waals surface area (Å²) < 4.78 is 0. The lowest BCUT2D eigenvalue weighted by Gasteiger charge is -2.14. The van der Waals surface area contributed by atoms with Crippen molar-refractivity contribution >= 4 is 24.4 Å². The van der Waals surface area contributed by atoms with Crippen LogP contribution in [0, 0.1) is 5.92 Å². The quantitative estimate of drug-likeness (QED) is 0.498. The second-order valence-electron chi connectivity index (χ2n) is 3.29. The molecule has 0 saturated heterocycles. The van der Waals surface area contributed by atoms with E-state index in [1.807, 2.05) is 13.8 Å². The summed E-state index contributed by atoms with van der Waals surface area (Å²) >= 11 is 0. The molecule has 0 aromatic heterocycles. The average molecular weight is 240 g/mol. The molecule has 90 valence electrons. The highest BCUT2D eigenvalue weighted by atomic mass is 35.5. The zero-order valence-electron chi connectivity index (χ0n) is 8.82. The third kappa shape index (κ3) is 8.02. The molecule has 7 heteroatoms. The molecule has 15 heavy (non-hydrogen) atoms. The molecule has 0 spiro atoms. The summed E-state index contributed by atoms with van der Waals surface area (Å²) in [5.41, 5.74) is 5.55. The van der Waals surface area contributed by atoms with Crippen LogP contribution < -0.4 is 16.4 Å². The highest BCUT2D eigenvalue weighted by Gasteiger charge is 2.15. The van der Waals surface area contributed by atoms with Crippen LogP contribution in [0.3, 0.4) is 0 Å². The van der Waals surface area contributed by atoms with Gasteiger partial charge >= 0.3 is 6.09 Å². The van der Waals surface area contributed by atoms with Crippen molar-refractivity contribution in [2.24, 2.45) is 11.7 Å². The second kappa shape index (κ2) is 8.31. The first kappa shape index (κ1) is 16.4. The Hall–Kier alpha value is -1.01. The minimum absolute atomic E-state index is 0. The summed E-state index contributed by atoms with van der Waals surface area (Å²) in [4.78, 5) is 21.3. The summed E-state index contributed by atoms with van der Waals surface area (Å²) in [5.74, 6) is -0.186. The maximum Gasteiger partial charge on any atom is 0.404 e. The van der Waals surface area contributed by atoms with E-state index in [-0.39, 0.29) is 37.3 Å². The molecule has 0 aromatic carbocycles. The van der Waals surface area contributed by atoms with Gasteiger partial charge in [0.1, 0.15) is 0 Å². The van der Waals surface area contributed by atoms with E-state index in [1.165, 1.54) is 0 Å². The van der Waals surface area contributed by atoms with Gasteiger partial charge < -0.3 is 21.5 Å². The summed E-state index contributed by atoms with van der Waals surface area (Å²) in [6.07, 6.45) is -1.10. The molecule has 6 nitrogen and oxygen atoms in total. The SMILES string of the molecule is CC(C)C(N)C(=O)NCCNC(=O)O.Cl. The Kier molecular flexibility index (Phi) is 9.10. The zero-order valence-corrected chi connectivity index (χ0v) is 9.63. The van der Waals surface area contributed by atoms with Gasteiger partial charge in [-0.2, -0.15) is 0 Å². The van der Waals surface area contributed by atoms with Gasteiger partial charge in [0.15, 0.2) is 0 Å². The van der Waals surface area contributed by atoms with E-state index in [2.05, 4.69) is 10.6 Å². The van der Waals surface area contributed by atoms with Crippen molar-refractivity contribution < 1.29 is 14.7 Å². The molecule has 0 fully saturated rings. The Labute approximate surface area is 95.0 Å². The number of hydrogen-bond acceptors (Lipinski definition) is 3.